The number of phenols is 1. The molecule has 1 aromatic heterocycles. The highest BCUT2D eigenvalue weighted by Crippen LogP contribution is 2.39. The van der Waals surface area contributed by atoms with Gasteiger partial charge in [-0.2, -0.15) is 0 Å². The van der Waals surface area contributed by atoms with Crippen molar-refractivity contribution >= 4 is 10.9 Å². The molecule has 13 heavy (non-hydrogen) atoms. The smallest absolute Gasteiger partial charge is 0.139 e. The third-order valence-electron chi connectivity index (χ3n) is 2.66. The molecule has 1 heterocycles. The van der Waals surface area contributed by atoms with E-state index < -0.39 is 0 Å². The molecule has 0 atom stereocenters. The van der Waals surface area contributed by atoms with E-state index in [0.29, 0.717) is 11.8 Å². The molecule has 1 aliphatic carbocycles. The second kappa shape index (κ2) is 2.28. The summed E-state index contributed by atoms with van der Waals surface area (Å²) < 4.78 is 2.19. The van der Waals surface area contributed by atoms with Gasteiger partial charge in [0.15, 0.2) is 0 Å². The van der Waals surface area contributed by atoms with E-state index in [0.717, 1.165) is 10.9 Å². The summed E-state index contributed by atoms with van der Waals surface area (Å²) in [6.07, 6.45) is 4.57. The van der Waals surface area contributed by atoms with Crippen LogP contribution in [0.4, 0.5) is 0 Å². The van der Waals surface area contributed by atoms with Crippen LogP contribution in [-0.2, 0) is 0 Å². The number of rotatable bonds is 1. The normalized spacial score (nSPS) is 16.6. The van der Waals surface area contributed by atoms with Gasteiger partial charge in [0.25, 0.3) is 0 Å². The summed E-state index contributed by atoms with van der Waals surface area (Å²) >= 11 is 0. The van der Waals surface area contributed by atoms with Crippen LogP contribution in [0.1, 0.15) is 18.9 Å². The molecule has 1 aliphatic rings. The monoisotopic (exact) mass is 173 g/mol. The largest absolute Gasteiger partial charge is 0.506 e. The van der Waals surface area contributed by atoms with Crippen molar-refractivity contribution in [3.63, 3.8) is 0 Å². The zero-order valence-electron chi connectivity index (χ0n) is 7.27. The maximum Gasteiger partial charge on any atom is 0.139 e. The Morgan fingerprint density at radius 1 is 1.23 bits per heavy atom. The first-order valence-electron chi connectivity index (χ1n) is 4.65. The van der Waals surface area contributed by atoms with Gasteiger partial charge < -0.3 is 9.67 Å². The molecular weight excluding hydrogens is 162 g/mol. The van der Waals surface area contributed by atoms with Gasteiger partial charge in [-0.3, -0.25) is 0 Å². The Labute approximate surface area is 76.4 Å². The molecule has 1 fully saturated rings. The van der Waals surface area contributed by atoms with E-state index in [4.69, 9.17) is 0 Å². The lowest BCUT2D eigenvalue weighted by molar-refractivity contribution is 0.477. The number of hydrogen-bond donors (Lipinski definition) is 1. The van der Waals surface area contributed by atoms with Crippen molar-refractivity contribution in [1.29, 1.82) is 0 Å². The highest BCUT2D eigenvalue weighted by molar-refractivity contribution is 5.85. The van der Waals surface area contributed by atoms with Crippen LogP contribution in [0.25, 0.3) is 10.9 Å². The first-order valence-corrected chi connectivity index (χ1v) is 4.65. The molecule has 2 aromatic rings. The van der Waals surface area contributed by atoms with Crippen molar-refractivity contribution in [3.8, 4) is 5.75 Å². The van der Waals surface area contributed by atoms with E-state index in [2.05, 4.69) is 16.8 Å². The quantitative estimate of drug-likeness (QED) is 0.704. The molecule has 0 aliphatic heterocycles. The van der Waals surface area contributed by atoms with Crippen molar-refractivity contribution in [2.24, 2.45) is 0 Å². The fourth-order valence-electron chi connectivity index (χ4n) is 1.86. The van der Waals surface area contributed by atoms with E-state index in [-0.39, 0.29) is 0 Å². The van der Waals surface area contributed by atoms with Gasteiger partial charge >= 0.3 is 0 Å². The fourth-order valence-corrected chi connectivity index (χ4v) is 1.86. The minimum atomic E-state index is 0.398. The standard InChI is InChI=1S/C11H11NO/c13-10-3-1-2-8-6-7-12(11(8)10)9-4-5-9/h1-3,6-7,9,13H,4-5H2. The molecule has 1 N–H and O–H groups in total. The van der Waals surface area contributed by atoms with E-state index in [1.165, 1.54) is 12.8 Å². The Balaban J connectivity index is 2.34. The van der Waals surface area contributed by atoms with Gasteiger partial charge in [0, 0.05) is 17.6 Å². The fraction of sp³-hybridized carbons (Fsp3) is 0.273. The SMILES string of the molecule is Oc1cccc2ccn(C3CC3)c12. The van der Waals surface area contributed by atoms with Crippen LogP contribution >= 0.6 is 0 Å². The highest BCUT2D eigenvalue weighted by atomic mass is 16.3. The van der Waals surface area contributed by atoms with Gasteiger partial charge in [0.2, 0.25) is 0 Å². The number of benzene rings is 1. The maximum atomic E-state index is 9.70. The Morgan fingerprint density at radius 3 is 2.85 bits per heavy atom. The molecule has 1 saturated carbocycles. The van der Waals surface area contributed by atoms with Crippen LogP contribution in [0, 0.1) is 0 Å². The second-order valence-corrected chi connectivity index (χ2v) is 3.67. The van der Waals surface area contributed by atoms with Crippen molar-refractivity contribution in [3.05, 3.63) is 30.5 Å². The lowest BCUT2D eigenvalue weighted by Gasteiger charge is -2.03. The number of phenolic OH excluding ortho intramolecular Hbond substituents is 1. The van der Waals surface area contributed by atoms with E-state index in [1.807, 2.05) is 12.1 Å². The van der Waals surface area contributed by atoms with E-state index in [1.54, 1.807) is 6.07 Å². The van der Waals surface area contributed by atoms with E-state index in [9.17, 15) is 5.11 Å². The average Bonchev–Trinajstić information content (AvgIpc) is 2.87. The third-order valence-corrected chi connectivity index (χ3v) is 2.66. The molecule has 0 radical (unpaired) electrons. The van der Waals surface area contributed by atoms with Gasteiger partial charge in [0.05, 0.1) is 5.52 Å². The Bertz CT molecular complexity index is 454. The minimum absolute atomic E-state index is 0.398. The van der Waals surface area contributed by atoms with Crippen LogP contribution < -0.4 is 0 Å². The first-order chi connectivity index (χ1) is 6.36. The van der Waals surface area contributed by atoms with Gasteiger partial charge in [-0.05, 0) is 25.0 Å². The third kappa shape index (κ3) is 0.949. The first kappa shape index (κ1) is 7.01. The number of nitrogens with zero attached hydrogens (tertiary/aromatic N) is 1. The van der Waals surface area contributed by atoms with Crippen LogP contribution in [0.15, 0.2) is 30.5 Å². The van der Waals surface area contributed by atoms with Crippen LogP contribution in [0.3, 0.4) is 0 Å². The summed E-state index contributed by atoms with van der Waals surface area (Å²) in [5.41, 5.74) is 0.991. The zero-order valence-corrected chi connectivity index (χ0v) is 7.27. The van der Waals surface area contributed by atoms with Crippen molar-refractivity contribution < 1.29 is 5.11 Å². The van der Waals surface area contributed by atoms with Gasteiger partial charge in [0.1, 0.15) is 5.75 Å². The summed E-state index contributed by atoms with van der Waals surface area (Å²) in [5, 5.41) is 10.8. The molecule has 0 amide bonds. The molecular formula is C11H11NO. The number of para-hydroxylation sites is 1. The van der Waals surface area contributed by atoms with Gasteiger partial charge in [-0.1, -0.05) is 12.1 Å². The zero-order chi connectivity index (χ0) is 8.84. The molecule has 0 bridgehead atoms. The summed E-state index contributed by atoms with van der Waals surface area (Å²) in [5.74, 6) is 0.398. The molecule has 2 nitrogen and oxygen atoms in total. The number of aromatic nitrogens is 1. The minimum Gasteiger partial charge on any atom is -0.506 e. The molecule has 1 aromatic carbocycles. The van der Waals surface area contributed by atoms with Gasteiger partial charge in [-0.25, -0.2) is 0 Å². The topological polar surface area (TPSA) is 25.2 Å². The summed E-state index contributed by atoms with van der Waals surface area (Å²) in [4.78, 5) is 0. The Kier molecular flexibility index (Phi) is 1.23. The molecule has 0 saturated heterocycles. The predicted octanol–water partition coefficient (Wildman–Crippen LogP) is 2.68. The Hall–Kier alpha value is -1.44. The van der Waals surface area contributed by atoms with Crippen molar-refractivity contribution in [1.82, 2.24) is 4.57 Å². The highest BCUT2D eigenvalue weighted by Gasteiger charge is 2.25. The molecule has 0 spiro atoms. The molecule has 0 unspecified atom stereocenters. The van der Waals surface area contributed by atoms with E-state index >= 15 is 0 Å². The van der Waals surface area contributed by atoms with Crippen molar-refractivity contribution in [2.45, 2.75) is 18.9 Å². The number of aromatic hydroxyl groups is 1. The number of fused-ring (bicyclic) bond motifs is 1. The lowest BCUT2D eigenvalue weighted by atomic mass is 10.2. The summed E-state index contributed by atoms with van der Waals surface area (Å²) in [7, 11) is 0. The van der Waals surface area contributed by atoms with Crippen LogP contribution in [-0.4, -0.2) is 9.67 Å². The van der Waals surface area contributed by atoms with Gasteiger partial charge in [-0.15, -0.1) is 0 Å². The Morgan fingerprint density at radius 2 is 2.08 bits per heavy atom. The maximum absolute atomic E-state index is 9.70. The molecule has 2 heteroatoms. The second-order valence-electron chi connectivity index (χ2n) is 3.67. The predicted molar refractivity (Wildman–Crippen MR) is 51.9 cm³/mol. The molecule has 3 rings (SSSR count). The van der Waals surface area contributed by atoms with Crippen LogP contribution in [0.2, 0.25) is 0 Å². The lowest BCUT2D eigenvalue weighted by Crippen LogP contribution is -1.90. The van der Waals surface area contributed by atoms with Crippen LogP contribution in [0.5, 0.6) is 5.75 Å². The van der Waals surface area contributed by atoms with Crippen molar-refractivity contribution in [2.75, 3.05) is 0 Å². The summed E-state index contributed by atoms with van der Waals surface area (Å²) in [6.45, 7) is 0. The average molecular weight is 173 g/mol. The molecule has 66 valence electrons. The summed E-state index contributed by atoms with van der Waals surface area (Å²) in [6, 6.07) is 8.36. The number of hydrogen-bond acceptors (Lipinski definition) is 1.